The minimum atomic E-state index is -0.636. The van der Waals surface area contributed by atoms with E-state index in [1.165, 1.54) is 4.52 Å². The molecule has 2 rings (SSSR count). The number of rotatable bonds is 3. The van der Waals surface area contributed by atoms with Crippen molar-refractivity contribution in [3.63, 3.8) is 0 Å². The van der Waals surface area contributed by atoms with Gasteiger partial charge in [0.15, 0.2) is 0 Å². The fourth-order valence-electron chi connectivity index (χ4n) is 1.58. The largest absolute Gasteiger partial charge is 0.391 e. The van der Waals surface area contributed by atoms with Crippen LogP contribution in [0.5, 0.6) is 0 Å². The van der Waals surface area contributed by atoms with E-state index in [0.717, 1.165) is 5.69 Å². The first kappa shape index (κ1) is 14.4. The van der Waals surface area contributed by atoms with Crippen LogP contribution in [0.2, 0.25) is 0 Å². The maximum atomic E-state index is 12.0. The molecule has 7 heteroatoms. The molecular weight excluding hydrogens is 258 g/mol. The zero-order chi connectivity index (χ0) is 14.9. The molecule has 0 aliphatic rings. The van der Waals surface area contributed by atoms with Crippen molar-refractivity contribution in [3.05, 3.63) is 23.8 Å². The number of carbonyl (C=O) groups is 1. The molecule has 2 heterocycles. The molecule has 2 aromatic rings. The molecule has 0 aromatic carbocycles. The van der Waals surface area contributed by atoms with E-state index < -0.39 is 12.0 Å². The number of amides is 1. The topological polar surface area (TPSA) is 92.4 Å². The van der Waals surface area contributed by atoms with Crippen molar-refractivity contribution >= 4 is 11.7 Å². The lowest BCUT2D eigenvalue weighted by molar-refractivity contribution is 0.0584. The van der Waals surface area contributed by atoms with Crippen molar-refractivity contribution in [1.82, 2.24) is 24.9 Å². The van der Waals surface area contributed by atoms with Gasteiger partial charge in [0.1, 0.15) is 0 Å². The Hall–Kier alpha value is -2.02. The summed E-state index contributed by atoms with van der Waals surface area (Å²) < 4.78 is 1.51. The molecule has 0 aliphatic carbocycles. The Bertz CT molecular complexity index is 629. The summed E-state index contributed by atoms with van der Waals surface area (Å²) in [6, 6.07) is 1.78. The Morgan fingerprint density at radius 3 is 2.80 bits per heavy atom. The van der Waals surface area contributed by atoms with Crippen LogP contribution in [0.1, 0.15) is 37.1 Å². The van der Waals surface area contributed by atoms with Gasteiger partial charge in [0.05, 0.1) is 6.10 Å². The Labute approximate surface area is 117 Å². The van der Waals surface area contributed by atoms with Crippen LogP contribution in [0.25, 0.3) is 5.78 Å². The Morgan fingerprint density at radius 2 is 2.20 bits per heavy atom. The van der Waals surface area contributed by atoms with Crippen molar-refractivity contribution in [2.75, 3.05) is 6.54 Å². The number of nitrogens with one attached hydrogen (secondary N) is 1. The third-order valence-electron chi connectivity index (χ3n) is 3.09. The number of aliphatic hydroxyl groups is 1. The summed E-state index contributed by atoms with van der Waals surface area (Å²) in [6.07, 6.45) is 0.980. The molecule has 1 atom stereocenters. The fraction of sp³-hybridized carbons (Fsp3) is 0.538. The van der Waals surface area contributed by atoms with Gasteiger partial charge in [0.25, 0.3) is 11.7 Å². The average Bonchev–Trinajstić information content (AvgIpc) is 2.79. The van der Waals surface area contributed by atoms with Gasteiger partial charge in [-0.05, 0) is 18.4 Å². The number of aromatic nitrogens is 4. The number of hydrogen-bond acceptors (Lipinski definition) is 5. The molecule has 2 aromatic heterocycles. The molecule has 0 radical (unpaired) electrons. The summed E-state index contributed by atoms with van der Waals surface area (Å²) in [5, 5.41) is 16.6. The highest BCUT2D eigenvalue weighted by Crippen LogP contribution is 2.18. The normalized spacial score (nSPS) is 13.4. The zero-order valence-electron chi connectivity index (χ0n) is 12.1. The number of fused-ring (bicyclic) bond motifs is 1. The molecule has 0 saturated carbocycles. The van der Waals surface area contributed by atoms with E-state index in [-0.39, 0.29) is 17.8 Å². The summed E-state index contributed by atoms with van der Waals surface area (Å²) >= 11 is 0. The lowest BCUT2D eigenvalue weighted by atomic mass is 9.89. The molecule has 0 aliphatic heterocycles. The highest BCUT2D eigenvalue weighted by atomic mass is 16.3. The molecule has 7 nitrogen and oxygen atoms in total. The van der Waals surface area contributed by atoms with Crippen LogP contribution >= 0.6 is 0 Å². The summed E-state index contributed by atoms with van der Waals surface area (Å²) in [6.45, 7) is 7.72. The van der Waals surface area contributed by atoms with E-state index in [9.17, 15) is 9.90 Å². The Balaban J connectivity index is 2.10. The van der Waals surface area contributed by atoms with Crippen molar-refractivity contribution in [2.24, 2.45) is 5.41 Å². The van der Waals surface area contributed by atoms with Crippen LogP contribution in [0.4, 0.5) is 0 Å². The van der Waals surface area contributed by atoms with Crippen molar-refractivity contribution < 1.29 is 9.90 Å². The van der Waals surface area contributed by atoms with Crippen LogP contribution in [-0.2, 0) is 0 Å². The molecule has 2 N–H and O–H groups in total. The van der Waals surface area contributed by atoms with Crippen LogP contribution in [-0.4, -0.2) is 43.2 Å². The molecule has 1 amide bonds. The number of aryl methyl sites for hydroxylation is 1. The Morgan fingerprint density at radius 1 is 1.50 bits per heavy atom. The number of carbonyl (C=O) groups excluding carboxylic acids is 1. The van der Waals surface area contributed by atoms with E-state index in [2.05, 4.69) is 20.4 Å². The summed E-state index contributed by atoms with van der Waals surface area (Å²) in [4.78, 5) is 20.1. The molecule has 1 unspecified atom stereocenters. The predicted octanol–water partition coefficient (Wildman–Crippen LogP) is 0.570. The van der Waals surface area contributed by atoms with E-state index in [1.54, 1.807) is 12.3 Å². The van der Waals surface area contributed by atoms with Gasteiger partial charge >= 0.3 is 0 Å². The molecule has 108 valence electrons. The fourth-order valence-corrected chi connectivity index (χ4v) is 1.58. The third-order valence-corrected chi connectivity index (χ3v) is 3.09. The third kappa shape index (κ3) is 2.93. The summed E-state index contributed by atoms with van der Waals surface area (Å²) in [5.41, 5.74) is 0.550. The summed E-state index contributed by atoms with van der Waals surface area (Å²) in [5.74, 6) is 0.0117. The number of nitrogens with zero attached hydrogens (tertiary/aromatic N) is 4. The molecule has 20 heavy (non-hydrogen) atoms. The van der Waals surface area contributed by atoms with Gasteiger partial charge in [-0.25, -0.2) is 9.50 Å². The van der Waals surface area contributed by atoms with E-state index >= 15 is 0 Å². The van der Waals surface area contributed by atoms with Crippen LogP contribution in [0, 0.1) is 12.3 Å². The molecule has 0 fully saturated rings. The zero-order valence-corrected chi connectivity index (χ0v) is 12.1. The maximum Gasteiger partial charge on any atom is 0.291 e. The highest BCUT2D eigenvalue weighted by molar-refractivity contribution is 5.90. The number of hydrogen-bond donors (Lipinski definition) is 2. The van der Waals surface area contributed by atoms with Crippen LogP contribution in [0.3, 0.4) is 0 Å². The smallest absolute Gasteiger partial charge is 0.291 e. The first-order valence-corrected chi connectivity index (χ1v) is 6.43. The minimum Gasteiger partial charge on any atom is -0.391 e. The van der Waals surface area contributed by atoms with Gasteiger partial charge in [-0.3, -0.25) is 4.79 Å². The number of aliphatic hydroxyl groups excluding tert-OH is 1. The second kappa shape index (κ2) is 5.16. The van der Waals surface area contributed by atoms with Gasteiger partial charge in [0.2, 0.25) is 5.82 Å². The summed E-state index contributed by atoms with van der Waals surface area (Å²) in [7, 11) is 0. The first-order valence-electron chi connectivity index (χ1n) is 6.43. The van der Waals surface area contributed by atoms with E-state index in [0.29, 0.717) is 5.78 Å². The van der Waals surface area contributed by atoms with Gasteiger partial charge in [0, 0.05) is 18.4 Å². The second-order valence-electron chi connectivity index (χ2n) is 5.83. The molecule has 0 bridgehead atoms. The van der Waals surface area contributed by atoms with Crippen LogP contribution in [0.15, 0.2) is 12.3 Å². The maximum absolute atomic E-state index is 12.0. The minimum absolute atomic E-state index is 0.0490. The van der Waals surface area contributed by atoms with Crippen molar-refractivity contribution in [3.8, 4) is 0 Å². The second-order valence-corrected chi connectivity index (χ2v) is 5.83. The lowest BCUT2D eigenvalue weighted by Crippen LogP contribution is -2.39. The van der Waals surface area contributed by atoms with E-state index in [4.69, 9.17) is 0 Å². The quantitative estimate of drug-likeness (QED) is 0.855. The average molecular weight is 277 g/mol. The van der Waals surface area contributed by atoms with Crippen molar-refractivity contribution in [1.29, 1.82) is 0 Å². The predicted molar refractivity (Wildman–Crippen MR) is 73.3 cm³/mol. The standard InChI is InChI=1S/C13H19N5O2/c1-8-5-6-14-12-16-10(17-18(8)12)11(20)15-7-9(19)13(2,3)4/h5-6,9,19H,7H2,1-4H3,(H,15,20). The van der Waals surface area contributed by atoms with Gasteiger partial charge in [-0.1, -0.05) is 20.8 Å². The SMILES string of the molecule is Cc1ccnc2nc(C(=O)NCC(O)C(C)(C)C)nn12. The lowest BCUT2D eigenvalue weighted by Gasteiger charge is -2.25. The van der Waals surface area contributed by atoms with Gasteiger partial charge in [-0.15, -0.1) is 5.10 Å². The monoisotopic (exact) mass is 277 g/mol. The van der Waals surface area contributed by atoms with Gasteiger partial charge < -0.3 is 10.4 Å². The van der Waals surface area contributed by atoms with E-state index in [1.807, 2.05) is 27.7 Å². The van der Waals surface area contributed by atoms with Gasteiger partial charge in [-0.2, -0.15) is 4.98 Å². The molecule has 0 spiro atoms. The first-order chi connectivity index (χ1) is 9.29. The van der Waals surface area contributed by atoms with Crippen LogP contribution < -0.4 is 5.32 Å². The molecule has 0 saturated heterocycles. The Kier molecular flexibility index (Phi) is 3.71. The van der Waals surface area contributed by atoms with Crippen molar-refractivity contribution in [2.45, 2.75) is 33.8 Å². The molecular formula is C13H19N5O2. The highest BCUT2D eigenvalue weighted by Gasteiger charge is 2.23.